The summed E-state index contributed by atoms with van der Waals surface area (Å²) in [4.78, 5) is 31.0. The Morgan fingerprint density at radius 2 is 2.00 bits per heavy atom. The molecule has 0 bridgehead atoms. The number of aromatic nitrogens is 2. The van der Waals surface area contributed by atoms with Crippen molar-refractivity contribution in [1.29, 1.82) is 0 Å². The second-order valence-electron chi connectivity index (χ2n) is 4.77. The van der Waals surface area contributed by atoms with Gasteiger partial charge in [-0.3, -0.25) is 14.6 Å². The maximum absolute atomic E-state index is 12.0. The van der Waals surface area contributed by atoms with Gasteiger partial charge in [0.15, 0.2) is 0 Å². The Morgan fingerprint density at radius 1 is 1.18 bits per heavy atom. The van der Waals surface area contributed by atoms with Crippen LogP contribution in [0.2, 0.25) is 0 Å². The molecule has 0 amide bonds. The Bertz CT molecular complexity index is 888. The van der Waals surface area contributed by atoms with Crippen molar-refractivity contribution in [3.63, 3.8) is 0 Å². The molecule has 5 nitrogen and oxygen atoms in total. The maximum Gasteiger partial charge on any atom is 0.303 e. The molecule has 0 unspecified atom stereocenters. The van der Waals surface area contributed by atoms with Crippen molar-refractivity contribution in [3.8, 4) is 10.7 Å². The van der Waals surface area contributed by atoms with E-state index >= 15 is 0 Å². The van der Waals surface area contributed by atoms with Gasteiger partial charge in [-0.2, -0.15) is 4.98 Å². The summed E-state index contributed by atoms with van der Waals surface area (Å²) in [6.45, 7) is 0. The zero-order valence-corrected chi connectivity index (χ0v) is 12.3. The lowest BCUT2D eigenvalue weighted by atomic mass is 10.1. The highest BCUT2D eigenvalue weighted by Gasteiger charge is 2.08. The Hall–Kier alpha value is -2.60. The molecule has 1 N–H and O–H groups in total. The monoisotopic (exact) mass is 312 g/mol. The lowest BCUT2D eigenvalue weighted by Gasteiger charge is -2.03. The van der Waals surface area contributed by atoms with E-state index in [9.17, 15) is 9.59 Å². The van der Waals surface area contributed by atoms with Crippen LogP contribution in [-0.4, -0.2) is 21.0 Å². The molecule has 0 aliphatic heterocycles. The Balaban J connectivity index is 1.94. The molecule has 0 aliphatic carbocycles. The predicted molar refractivity (Wildman–Crippen MR) is 85.1 cm³/mol. The standard InChI is InChI=1S/C16H12N2O3S/c19-14(20)8-6-10-5-7-12(17-9-10)16-18-15(21)11-3-1-2-4-13(11)22-16/h1-5,7,9H,6,8H2,(H,19,20). The van der Waals surface area contributed by atoms with E-state index in [0.29, 0.717) is 22.5 Å². The van der Waals surface area contributed by atoms with E-state index in [-0.39, 0.29) is 12.0 Å². The van der Waals surface area contributed by atoms with Gasteiger partial charge < -0.3 is 5.11 Å². The van der Waals surface area contributed by atoms with Crippen molar-refractivity contribution in [2.24, 2.45) is 0 Å². The average molecular weight is 312 g/mol. The van der Waals surface area contributed by atoms with Crippen LogP contribution in [0.4, 0.5) is 0 Å². The maximum atomic E-state index is 12.0. The first kappa shape index (κ1) is 14.3. The van der Waals surface area contributed by atoms with Crippen LogP contribution in [0.25, 0.3) is 20.8 Å². The Morgan fingerprint density at radius 3 is 2.73 bits per heavy atom. The Labute approximate surface area is 129 Å². The number of hydrogen-bond donors (Lipinski definition) is 1. The van der Waals surface area contributed by atoms with Crippen molar-refractivity contribution in [2.45, 2.75) is 12.8 Å². The van der Waals surface area contributed by atoms with Crippen molar-refractivity contribution < 1.29 is 9.90 Å². The van der Waals surface area contributed by atoms with Crippen molar-refractivity contribution >= 4 is 27.4 Å². The molecule has 0 spiro atoms. The summed E-state index contributed by atoms with van der Waals surface area (Å²) < 4.78 is 0.870. The summed E-state index contributed by atoms with van der Waals surface area (Å²) >= 11 is 1.41. The van der Waals surface area contributed by atoms with Crippen LogP contribution in [0, 0.1) is 0 Å². The van der Waals surface area contributed by atoms with Crippen molar-refractivity contribution in [1.82, 2.24) is 9.97 Å². The van der Waals surface area contributed by atoms with Crippen LogP contribution in [0.3, 0.4) is 0 Å². The minimum Gasteiger partial charge on any atom is -0.481 e. The third kappa shape index (κ3) is 3.01. The summed E-state index contributed by atoms with van der Waals surface area (Å²) in [5.41, 5.74) is 1.20. The van der Waals surface area contributed by atoms with E-state index in [0.717, 1.165) is 10.3 Å². The highest BCUT2D eigenvalue weighted by atomic mass is 32.1. The normalized spacial score (nSPS) is 10.7. The molecule has 3 aromatic rings. The third-order valence-corrected chi connectivity index (χ3v) is 4.27. The first-order valence-corrected chi connectivity index (χ1v) is 7.52. The molecule has 0 aliphatic rings. The van der Waals surface area contributed by atoms with E-state index in [4.69, 9.17) is 5.11 Å². The molecular weight excluding hydrogens is 300 g/mol. The SMILES string of the molecule is O=C(O)CCc1ccc(-c2nc(=O)c3ccccc3s2)nc1. The van der Waals surface area contributed by atoms with Gasteiger partial charge in [0.25, 0.3) is 5.56 Å². The minimum atomic E-state index is -0.835. The molecule has 22 heavy (non-hydrogen) atoms. The molecule has 110 valence electrons. The molecule has 0 atom stereocenters. The summed E-state index contributed by atoms with van der Waals surface area (Å²) in [6.07, 6.45) is 2.14. The highest BCUT2D eigenvalue weighted by Crippen LogP contribution is 2.24. The molecule has 0 fully saturated rings. The van der Waals surface area contributed by atoms with Crippen LogP contribution in [0.15, 0.2) is 47.4 Å². The van der Waals surface area contributed by atoms with Crippen LogP contribution in [0.5, 0.6) is 0 Å². The zero-order valence-electron chi connectivity index (χ0n) is 11.5. The van der Waals surface area contributed by atoms with Crippen LogP contribution < -0.4 is 5.56 Å². The van der Waals surface area contributed by atoms with Gasteiger partial charge in [-0.25, -0.2) is 0 Å². The van der Waals surface area contributed by atoms with Crippen LogP contribution >= 0.6 is 11.3 Å². The molecule has 0 saturated heterocycles. The minimum absolute atomic E-state index is 0.0720. The van der Waals surface area contributed by atoms with Gasteiger partial charge in [0, 0.05) is 17.3 Å². The van der Waals surface area contributed by atoms with E-state index in [1.54, 1.807) is 18.3 Å². The van der Waals surface area contributed by atoms with Gasteiger partial charge >= 0.3 is 5.97 Å². The number of pyridine rings is 1. The molecule has 6 heteroatoms. The molecular formula is C16H12N2O3S. The fourth-order valence-corrected chi connectivity index (χ4v) is 3.05. The van der Waals surface area contributed by atoms with Crippen LogP contribution in [0.1, 0.15) is 12.0 Å². The van der Waals surface area contributed by atoms with Crippen molar-refractivity contribution in [3.05, 3.63) is 58.5 Å². The van der Waals surface area contributed by atoms with E-state index in [1.165, 1.54) is 11.3 Å². The second kappa shape index (κ2) is 6.03. The quantitative estimate of drug-likeness (QED) is 0.801. The number of hydrogen-bond acceptors (Lipinski definition) is 5. The molecule has 3 rings (SSSR count). The van der Waals surface area contributed by atoms with Gasteiger partial charge in [0.2, 0.25) is 0 Å². The number of nitrogens with zero attached hydrogens (tertiary/aromatic N) is 2. The molecule has 2 heterocycles. The molecule has 0 saturated carbocycles. The average Bonchev–Trinajstić information content (AvgIpc) is 2.53. The number of benzene rings is 1. The number of rotatable bonds is 4. The largest absolute Gasteiger partial charge is 0.481 e. The number of aliphatic carboxylic acids is 1. The lowest BCUT2D eigenvalue weighted by Crippen LogP contribution is -2.06. The number of carboxylic acids is 1. The smallest absolute Gasteiger partial charge is 0.303 e. The first-order valence-electron chi connectivity index (χ1n) is 6.70. The number of fused-ring (bicyclic) bond motifs is 1. The van der Waals surface area contributed by atoms with Crippen LogP contribution in [-0.2, 0) is 11.2 Å². The Kier molecular flexibility index (Phi) is 3.93. The molecule has 1 aromatic carbocycles. The zero-order chi connectivity index (χ0) is 15.5. The first-order chi connectivity index (χ1) is 10.6. The third-order valence-electron chi connectivity index (χ3n) is 3.20. The second-order valence-corrected chi connectivity index (χ2v) is 5.80. The van der Waals surface area contributed by atoms with Crippen molar-refractivity contribution in [2.75, 3.05) is 0 Å². The van der Waals surface area contributed by atoms with Gasteiger partial charge in [-0.1, -0.05) is 18.2 Å². The van der Waals surface area contributed by atoms with Gasteiger partial charge in [-0.05, 0) is 30.2 Å². The highest BCUT2D eigenvalue weighted by molar-refractivity contribution is 7.21. The number of carboxylic acid groups (broad SMARTS) is 1. The summed E-state index contributed by atoms with van der Waals surface area (Å²) in [5, 5.41) is 9.84. The number of carbonyl (C=O) groups is 1. The topological polar surface area (TPSA) is 80.1 Å². The van der Waals surface area contributed by atoms with Gasteiger partial charge in [-0.15, -0.1) is 11.3 Å². The molecule has 0 radical (unpaired) electrons. The summed E-state index contributed by atoms with van der Waals surface area (Å²) in [5.74, 6) is -0.835. The van der Waals surface area contributed by atoms with Gasteiger partial charge in [0.1, 0.15) is 5.01 Å². The van der Waals surface area contributed by atoms with Gasteiger partial charge in [0.05, 0.1) is 11.1 Å². The number of aryl methyl sites for hydroxylation is 1. The molecule has 2 aromatic heterocycles. The van der Waals surface area contributed by atoms with E-state index < -0.39 is 5.97 Å². The summed E-state index contributed by atoms with van der Waals surface area (Å²) in [6, 6.07) is 10.9. The fraction of sp³-hybridized carbons (Fsp3) is 0.125. The lowest BCUT2D eigenvalue weighted by molar-refractivity contribution is -0.136. The van der Waals surface area contributed by atoms with E-state index in [1.807, 2.05) is 24.3 Å². The summed E-state index contributed by atoms with van der Waals surface area (Å²) in [7, 11) is 0. The van der Waals surface area contributed by atoms with E-state index in [2.05, 4.69) is 9.97 Å². The predicted octanol–water partition coefficient (Wildman–Crippen LogP) is 2.74. The fourth-order valence-electron chi connectivity index (χ4n) is 2.07.